The number of nitrogens with one attached hydrogen (secondary N) is 2. The molecule has 2 fully saturated rings. The summed E-state index contributed by atoms with van der Waals surface area (Å²) in [7, 11) is -3.18. The van der Waals surface area contributed by atoms with Gasteiger partial charge in [0.05, 0.1) is 6.26 Å². The van der Waals surface area contributed by atoms with Crippen LogP contribution in [0, 0.1) is 5.41 Å². The van der Waals surface area contributed by atoms with Crippen molar-refractivity contribution in [3.63, 3.8) is 0 Å². The Kier molecular flexibility index (Phi) is 4.82. The molecule has 0 bridgehead atoms. The van der Waals surface area contributed by atoms with E-state index in [1.54, 1.807) is 6.20 Å². The number of piperidine rings is 1. The van der Waals surface area contributed by atoms with Crippen molar-refractivity contribution in [2.75, 3.05) is 36.1 Å². The van der Waals surface area contributed by atoms with Gasteiger partial charge in [-0.25, -0.2) is 17.7 Å². The van der Waals surface area contributed by atoms with Crippen LogP contribution in [0.5, 0.6) is 0 Å². The number of nitrogens with zero attached hydrogens (tertiary/aromatic N) is 4. The fourth-order valence-electron chi connectivity index (χ4n) is 4.26. The van der Waals surface area contributed by atoms with E-state index < -0.39 is 15.4 Å². The van der Waals surface area contributed by atoms with Gasteiger partial charge in [-0.1, -0.05) is 6.58 Å². The van der Waals surface area contributed by atoms with Crippen LogP contribution in [0.4, 0.5) is 11.8 Å². The number of hydrogen-bond acceptors (Lipinski definition) is 7. The topological polar surface area (TPSA) is 125 Å². The third kappa shape index (κ3) is 3.38. The van der Waals surface area contributed by atoms with E-state index in [1.165, 1.54) is 21.7 Å². The van der Waals surface area contributed by atoms with E-state index in [9.17, 15) is 18.0 Å². The Balaban J connectivity index is 1.54. The second-order valence-electron chi connectivity index (χ2n) is 7.75. The average Bonchev–Trinajstić information content (AvgIpc) is 3.04. The highest BCUT2D eigenvalue weighted by atomic mass is 32.2. The molecule has 0 radical (unpaired) electrons. The van der Waals surface area contributed by atoms with Crippen LogP contribution < -0.4 is 15.5 Å². The normalized spacial score (nSPS) is 25.8. The molecule has 1 spiro atoms. The first-order valence-corrected chi connectivity index (χ1v) is 11.4. The van der Waals surface area contributed by atoms with Crippen LogP contribution in [0.2, 0.25) is 0 Å². The summed E-state index contributed by atoms with van der Waals surface area (Å²) in [5.41, 5.74) is -0.392. The van der Waals surface area contributed by atoms with Crippen LogP contribution in [-0.2, 0) is 26.0 Å². The van der Waals surface area contributed by atoms with Gasteiger partial charge in [-0.3, -0.25) is 14.5 Å². The number of hydrogen-bond donors (Lipinski definition) is 2. The van der Waals surface area contributed by atoms with E-state index in [-0.39, 0.29) is 24.3 Å². The van der Waals surface area contributed by atoms with Crippen molar-refractivity contribution in [2.45, 2.75) is 31.7 Å². The van der Waals surface area contributed by atoms with E-state index in [2.05, 4.69) is 27.2 Å². The smallest absolute Gasteiger partial charge is 0.248 e. The van der Waals surface area contributed by atoms with Gasteiger partial charge in [0.2, 0.25) is 27.8 Å². The number of carbonyl (C=O) groups excluding carboxylic acids is 2. The monoisotopic (exact) mass is 420 g/mol. The molecule has 2 amide bonds. The first-order valence-electron chi connectivity index (χ1n) is 9.57. The maximum Gasteiger partial charge on any atom is 0.248 e. The summed E-state index contributed by atoms with van der Waals surface area (Å²) in [5, 5.41) is 5.98. The van der Waals surface area contributed by atoms with Crippen molar-refractivity contribution in [3.8, 4) is 0 Å². The predicted molar refractivity (Wildman–Crippen MR) is 107 cm³/mol. The molecule has 1 atom stereocenters. The number of aromatic nitrogens is 2. The van der Waals surface area contributed by atoms with Crippen molar-refractivity contribution in [1.82, 2.24) is 19.6 Å². The molecular formula is C18H24N6O4S. The summed E-state index contributed by atoms with van der Waals surface area (Å²) in [4.78, 5) is 35.6. The minimum Gasteiger partial charge on any atom is -0.355 e. The number of sulfonamides is 1. The first-order chi connectivity index (χ1) is 13.7. The standard InChI is InChI=1S/C18H24N6O4S/c1-3-24-14-12(10-18(16(24)26)6-7-19-15(18)25)11-20-17(22-14)21-13-4-8-23(9-5-13)29(2,27)28/h3,11,13H,1,4-10H2,2H3,(H,19,25)(H,20,21,22)/t18-/m1/s1. The zero-order chi connectivity index (χ0) is 20.8. The lowest BCUT2D eigenvalue weighted by molar-refractivity contribution is -0.139. The molecular weight excluding hydrogens is 396 g/mol. The maximum absolute atomic E-state index is 13.0. The molecule has 29 heavy (non-hydrogen) atoms. The molecule has 3 aliphatic rings. The van der Waals surface area contributed by atoms with Gasteiger partial charge in [0, 0.05) is 50.1 Å². The Hall–Kier alpha value is -2.53. The van der Waals surface area contributed by atoms with E-state index in [4.69, 9.17) is 0 Å². The molecule has 156 valence electrons. The van der Waals surface area contributed by atoms with Crippen LogP contribution in [0.15, 0.2) is 19.0 Å². The summed E-state index contributed by atoms with van der Waals surface area (Å²) in [6.07, 6.45) is 6.23. The Morgan fingerprint density at radius 1 is 1.34 bits per heavy atom. The Morgan fingerprint density at radius 3 is 2.66 bits per heavy atom. The van der Waals surface area contributed by atoms with Crippen LogP contribution in [0.1, 0.15) is 24.8 Å². The first kappa shape index (κ1) is 19.8. The lowest BCUT2D eigenvalue weighted by Gasteiger charge is -2.36. The lowest BCUT2D eigenvalue weighted by atomic mass is 9.76. The average molecular weight is 420 g/mol. The Morgan fingerprint density at radius 2 is 2.07 bits per heavy atom. The Bertz CT molecular complexity index is 973. The van der Waals surface area contributed by atoms with Crippen LogP contribution in [0.25, 0.3) is 0 Å². The zero-order valence-corrected chi connectivity index (χ0v) is 17.0. The fraction of sp³-hybridized carbons (Fsp3) is 0.556. The van der Waals surface area contributed by atoms with E-state index in [1.807, 2.05) is 0 Å². The quantitative estimate of drug-likeness (QED) is 0.649. The molecule has 2 saturated heterocycles. The number of anilines is 2. The van der Waals surface area contributed by atoms with Gasteiger partial charge in [-0.15, -0.1) is 0 Å². The molecule has 10 nitrogen and oxygen atoms in total. The maximum atomic E-state index is 13.0. The number of rotatable bonds is 4. The number of amides is 2. The van der Waals surface area contributed by atoms with Gasteiger partial charge in [0.1, 0.15) is 11.2 Å². The molecule has 11 heteroatoms. The van der Waals surface area contributed by atoms with E-state index >= 15 is 0 Å². The van der Waals surface area contributed by atoms with Gasteiger partial charge < -0.3 is 10.6 Å². The second kappa shape index (κ2) is 7.06. The Labute approximate surface area is 169 Å². The minimum atomic E-state index is -3.18. The van der Waals surface area contributed by atoms with E-state index in [0.717, 1.165) is 5.56 Å². The highest BCUT2D eigenvalue weighted by molar-refractivity contribution is 7.88. The molecule has 0 unspecified atom stereocenters. The zero-order valence-electron chi connectivity index (χ0n) is 16.2. The lowest BCUT2D eigenvalue weighted by Crippen LogP contribution is -2.51. The molecule has 0 saturated carbocycles. The molecule has 3 aliphatic heterocycles. The molecule has 1 aromatic heterocycles. The number of carbonyl (C=O) groups is 2. The highest BCUT2D eigenvalue weighted by Crippen LogP contribution is 2.41. The van der Waals surface area contributed by atoms with Gasteiger partial charge in [-0.2, -0.15) is 4.98 Å². The van der Waals surface area contributed by atoms with Crippen LogP contribution in [0.3, 0.4) is 0 Å². The molecule has 4 heterocycles. The molecule has 2 N–H and O–H groups in total. The fourth-order valence-corrected chi connectivity index (χ4v) is 5.13. The van der Waals surface area contributed by atoms with E-state index in [0.29, 0.717) is 50.7 Å². The van der Waals surface area contributed by atoms with Crippen molar-refractivity contribution in [3.05, 3.63) is 24.5 Å². The van der Waals surface area contributed by atoms with Crippen molar-refractivity contribution in [1.29, 1.82) is 0 Å². The van der Waals surface area contributed by atoms with Crippen molar-refractivity contribution >= 4 is 33.6 Å². The summed E-state index contributed by atoms with van der Waals surface area (Å²) in [6, 6.07) is 0.0366. The largest absolute Gasteiger partial charge is 0.355 e. The van der Waals surface area contributed by atoms with Gasteiger partial charge in [0.25, 0.3) is 0 Å². The summed E-state index contributed by atoms with van der Waals surface area (Å²) in [6.45, 7) is 5.07. The van der Waals surface area contributed by atoms with Crippen molar-refractivity contribution in [2.24, 2.45) is 5.41 Å². The molecule has 0 aliphatic carbocycles. The predicted octanol–water partition coefficient (Wildman–Crippen LogP) is -0.149. The SMILES string of the molecule is C=CN1C(=O)[C@]2(CCNC2=O)Cc2cnc(NC3CCN(S(C)(=O)=O)CC3)nc21. The molecule has 1 aromatic rings. The van der Waals surface area contributed by atoms with Crippen molar-refractivity contribution < 1.29 is 18.0 Å². The second-order valence-corrected chi connectivity index (χ2v) is 9.73. The molecule has 4 rings (SSSR count). The third-order valence-corrected chi connectivity index (χ3v) is 7.20. The van der Waals surface area contributed by atoms with Gasteiger partial charge in [0.15, 0.2) is 0 Å². The van der Waals surface area contributed by atoms with Gasteiger partial charge in [-0.05, 0) is 19.3 Å². The highest BCUT2D eigenvalue weighted by Gasteiger charge is 2.54. The van der Waals surface area contributed by atoms with Gasteiger partial charge >= 0.3 is 0 Å². The number of fused-ring (bicyclic) bond motifs is 1. The summed E-state index contributed by atoms with van der Waals surface area (Å²) < 4.78 is 24.8. The third-order valence-electron chi connectivity index (χ3n) is 5.90. The molecule has 0 aromatic carbocycles. The van der Waals surface area contributed by atoms with Crippen LogP contribution in [-0.4, -0.2) is 66.4 Å². The van der Waals surface area contributed by atoms with Crippen LogP contribution >= 0.6 is 0 Å². The summed E-state index contributed by atoms with van der Waals surface area (Å²) in [5.74, 6) is 0.218. The summed E-state index contributed by atoms with van der Waals surface area (Å²) >= 11 is 0. The minimum absolute atomic E-state index is 0.0366.